The number of fused-ring (bicyclic) bond motifs is 1. The number of aromatic nitrogens is 2. The quantitative estimate of drug-likeness (QED) is 0.455. The molecule has 0 unspecified atom stereocenters. The van der Waals surface area contributed by atoms with Gasteiger partial charge < -0.3 is 18.8 Å². The van der Waals surface area contributed by atoms with Crippen LogP contribution >= 0.6 is 11.3 Å². The topological polar surface area (TPSA) is 101 Å². The number of rotatable bonds is 5. The van der Waals surface area contributed by atoms with Gasteiger partial charge in [0.2, 0.25) is 5.43 Å². The number of aryl methyl sites for hydroxylation is 1. The first-order valence-electron chi connectivity index (χ1n) is 11.1. The van der Waals surface area contributed by atoms with Crippen molar-refractivity contribution in [3.63, 3.8) is 0 Å². The molecular formula is C24H22FN5O4S. The molecule has 9 nitrogen and oxygen atoms in total. The molecule has 1 N–H and O–H groups in total. The first-order valence-corrected chi connectivity index (χ1v) is 12.0. The van der Waals surface area contributed by atoms with Gasteiger partial charge in [-0.3, -0.25) is 19.7 Å². The van der Waals surface area contributed by atoms with E-state index in [1.54, 1.807) is 39.2 Å². The van der Waals surface area contributed by atoms with Crippen molar-refractivity contribution in [2.45, 2.75) is 13.5 Å². The van der Waals surface area contributed by atoms with Gasteiger partial charge in [-0.15, -0.1) is 11.3 Å². The van der Waals surface area contributed by atoms with Gasteiger partial charge in [-0.1, -0.05) is 0 Å². The molecule has 11 heteroatoms. The predicted molar refractivity (Wildman–Crippen MR) is 131 cm³/mol. The average Bonchev–Trinajstić information content (AvgIpc) is 3.59. The van der Waals surface area contributed by atoms with Crippen LogP contribution in [0.2, 0.25) is 0 Å². The van der Waals surface area contributed by atoms with Gasteiger partial charge in [-0.25, -0.2) is 9.37 Å². The standard InChI is InChI=1S/C24H22FN5O4S/c1-2-28-14-16(22(32)27-24-26-5-11-35-24)21(31)15-12-17(25)19(13-18(15)28)29-6-8-30(9-7-29)23(33)20-4-3-10-34-20/h3-5,10-14H,2,6-9H2,1H3,(H,26,27,32). The fourth-order valence-electron chi connectivity index (χ4n) is 4.22. The first-order chi connectivity index (χ1) is 17.0. The molecule has 4 aromatic rings. The minimum atomic E-state index is -0.587. The smallest absolute Gasteiger partial charge is 0.289 e. The summed E-state index contributed by atoms with van der Waals surface area (Å²) in [6, 6.07) is 6.12. The van der Waals surface area contributed by atoms with Gasteiger partial charge in [-0.05, 0) is 31.2 Å². The van der Waals surface area contributed by atoms with Gasteiger partial charge >= 0.3 is 0 Å². The Bertz CT molecular complexity index is 1440. The van der Waals surface area contributed by atoms with Crippen LogP contribution in [-0.2, 0) is 6.54 Å². The third-order valence-electron chi connectivity index (χ3n) is 6.03. The van der Waals surface area contributed by atoms with Crippen LogP contribution in [-0.4, -0.2) is 52.4 Å². The fraction of sp³-hybridized carbons (Fsp3) is 0.250. The normalized spacial score (nSPS) is 13.9. The molecule has 1 aliphatic heterocycles. The number of nitrogens with zero attached hydrogens (tertiary/aromatic N) is 4. The summed E-state index contributed by atoms with van der Waals surface area (Å²) in [5.41, 5.74) is 0.266. The number of nitrogens with one attached hydrogen (secondary N) is 1. The van der Waals surface area contributed by atoms with Gasteiger partial charge in [0.05, 0.1) is 17.5 Å². The van der Waals surface area contributed by atoms with Crippen molar-refractivity contribution in [2.24, 2.45) is 0 Å². The molecule has 5 rings (SSSR count). The number of thiazole rings is 1. The van der Waals surface area contributed by atoms with E-state index in [1.807, 2.05) is 11.8 Å². The second-order valence-corrected chi connectivity index (χ2v) is 8.92. The number of pyridine rings is 1. The fourth-order valence-corrected chi connectivity index (χ4v) is 4.75. The van der Waals surface area contributed by atoms with E-state index in [-0.39, 0.29) is 22.6 Å². The summed E-state index contributed by atoms with van der Waals surface area (Å²) in [5.74, 6) is -1.06. The number of carbonyl (C=O) groups is 2. The van der Waals surface area contributed by atoms with Crippen LogP contribution in [0.25, 0.3) is 10.9 Å². The Labute approximate surface area is 203 Å². The minimum Gasteiger partial charge on any atom is -0.459 e. The van der Waals surface area contributed by atoms with Crippen molar-refractivity contribution >= 4 is 44.9 Å². The number of hydrogen-bond acceptors (Lipinski definition) is 7. The summed E-state index contributed by atoms with van der Waals surface area (Å²) in [6.45, 7) is 4.04. The predicted octanol–water partition coefficient (Wildman–Crippen LogP) is 3.42. The zero-order valence-electron chi connectivity index (χ0n) is 18.9. The van der Waals surface area contributed by atoms with Crippen LogP contribution in [0.4, 0.5) is 15.2 Å². The molecule has 3 aromatic heterocycles. The van der Waals surface area contributed by atoms with Crippen LogP contribution < -0.4 is 15.6 Å². The van der Waals surface area contributed by atoms with E-state index in [9.17, 15) is 14.4 Å². The van der Waals surface area contributed by atoms with Crippen LogP contribution in [0, 0.1) is 5.82 Å². The molecule has 0 radical (unpaired) electrons. The lowest BCUT2D eigenvalue weighted by atomic mass is 10.1. The summed E-state index contributed by atoms with van der Waals surface area (Å²) in [7, 11) is 0. The van der Waals surface area contributed by atoms with Crippen LogP contribution in [0.1, 0.15) is 27.8 Å². The largest absolute Gasteiger partial charge is 0.459 e. The molecule has 0 spiro atoms. The van der Waals surface area contributed by atoms with Crippen LogP contribution in [0.5, 0.6) is 0 Å². The van der Waals surface area contributed by atoms with Crippen molar-refractivity contribution in [1.82, 2.24) is 14.5 Å². The molecule has 0 saturated carbocycles. The van der Waals surface area contributed by atoms with E-state index in [2.05, 4.69) is 10.3 Å². The van der Waals surface area contributed by atoms with Gasteiger partial charge in [0.1, 0.15) is 11.4 Å². The monoisotopic (exact) mass is 495 g/mol. The van der Waals surface area contributed by atoms with Gasteiger partial charge in [0.25, 0.3) is 11.8 Å². The molecule has 4 heterocycles. The number of benzene rings is 1. The summed E-state index contributed by atoms with van der Waals surface area (Å²) in [5, 5.41) is 4.83. The van der Waals surface area contributed by atoms with E-state index < -0.39 is 17.2 Å². The minimum absolute atomic E-state index is 0.0771. The second-order valence-electron chi connectivity index (χ2n) is 8.03. The zero-order chi connectivity index (χ0) is 24.5. The molecule has 35 heavy (non-hydrogen) atoms. The van der Waals surface area contributed by atoms with Gasteiger partial charge in [0, 0.05) is 55.9 Å². The Kier molecular flexibility index (Phi) is 6.08. The Morgan fingerprint density at radius 2 is 2.03 bits per heavy atom. The molecule has 1 aliphatic rings. The maximum absolute atomic E-state index is 15.2. The molecule has 0 bridgehead atoms. The number of carbonyl (C=O) groups excluding carboxylic acids is 2. The third kappa shape index (κ3) is 4.30. The number of amides is 2. The zero-order valence-corrected chi connectivity index (χ0v) is 19.7. The second kappa shape index (κ2) is 9.34. The van der Waals surface area contributed by atoms with Crippen molar-refractivity contribution in [3.05, 3.63) is 75.7 Å². The average molecular weight is 496 g/mol. The van der Waals surface area contributed by atoms with Crippen LogP contribution in [0.15, 0.2) is 57.5 Å². The van der Waals surface area contributed by atoms with Crippen molar-refractivity contribution < 1.29 is 18.4 Å². The Balaban J connectivity index is 1.43. The Hall–Kier alpha value is -3.99. The van der Waals surface area contributed by atoms with E-state index in [4.69, 9.17) is 4.42 Å². The van der Waals surface area contributed by atoms with E-state index in [0.29, 0.717) is 49.1 Å². The number of piperazine rings is 1. The SMILES string of the molecule is CCn1cc(C(=O)Nc2nccs2)c(=O)c2cc(F)c(N3CCN(C(=O)c4ccco4)CC3)cc21. The van der Waals surface area contributed by atoms with E-state index in [0.717, 1.165) is 0 Å². The third-order valence-corrected chi connectivity index (χ3v) is 6.71. The van der Waals surface area contributed by atoms with Crippen molar-refractivity contribution in [3.8, 4) is 0 Å². The van der Waals surface area contributed by atoms with Gasteiger partial charge in [-0.2, -0.15) is 0 Å². The molecule has 1 fully saturated rings. The van der Waals surface area contributed by atoms with Crippen molar-refractivity contribution in [1.29, 1.82) is 0 Å². The lowest BCUT2D eigenvalue weighted by molar-refractivity contribution is 0.0714. The Morgan fingerprint density at radius 1 is 1.23 bits per heavy atom. The lowest BCUT2D eigenvalue weighted by Gasteiger charge is -2.36. The van der Waals surface area contributed by atoms with E-state index in [1.165, 1.54) is 29.9 Å². The molecule has 1 saturated heterocycles. The summed E-state index contributed by atoms with van der Waals surface area (Å²) in [6.07, 6.45) is 4.50. The Morgan fingerprint density at radius 3 is 2.69 bits per heavy atom. The van der Waals surface area contributed by atoms with Crippen LogP contribution in [0.3, 0.4) is 0 Å². The highest BCUT2D eigenvalue weighted by molar-refractivity contribution is 7.13. The number of furan rings is 1. The number of anilines is 2. The summed E-state index contributed by atoms with van der Waals surface area (Å²) < 4.78 is 22.2. The van der Waals surface area contributed by atoms with Gasteiger partial charge in [0.15, 0.2) is 10.9 Å². The highest BCUT2D eigenvalue weighted by Crippen LogP contribution is 2.27. The molecule has 1 aromatic carbocycles. The lowest BCUT2D eigenvalue weighted by Crippen LogP contribution is -2.49. The summed E-state index contributed by atoms with van der Waals surface area (Å²) in [4.78, 5) is 45.9. The molecule has 0 aliphatic carbocycles. The first kappa shape index (κ1) is 22.8. The molecule has 180 valence electrons. The molecule has 0 atom stereocenters. The maximum atomic E-state index is 15.2. The highest BCUT2D eigenvalue weighted by Gasteiger charge is 2.26. The highest BCUT2D eigenvalue weighted by atomic mass is 32.1. The maximum Gasteiger partial charge on any atom is 0.289 e. The van der Waals surface area contributed by atoms with Crippen molar-refractivity contribution in [2.75, 3.05) is 36.4 Å². The summed E-state index contributed by atoms with van der Waals surface area (Å²) >= 11 is 1.24. The van der Waals surface area contributed by atoms with E-state index >= 15 is 4.39 Å². The molecule has 2 amide bonds. The number of halogens is 1. The molecular weight excluding hydrogens is 473 g/mol. The number of hydrogen-bond donors (Lipinski definition) is 1.